The van der Waals surface area contributed by atoms with E-state index < -0.39 is 65.4 Å². The molecule has 2 atom stereocenters. The van der Waals surface area contributed by atoms with Crippen LogP contribution in [0.3, 0.4) is 0 Å². The predicted octanol–water partition coefficient (Wildman–Crippen LogP) is 5.58. The number of hydrogen-bond acceptors (Lipinski definition) is 8. The van der Waals surface area contributed by atoms with Gasteiger partial charge < -0.3 is 5.32 Å². The summed E-state index contributed by atoms with van der Waals surface area (Å²) in [5, 5.41) is 10.1. The zero-order chi connectivity index (χ0) is 39.5. The predicted molar refractivity (Wildman–Crippen MR) is 193 cm³/mol. The number of benzene rings is 1. The van der Waals surface area contributed by atoms with Crippen molar-refractivity contribution in [2.45, 2.75) is 75.0 Å². The minimum Gasteiger partial charge on any atom is -0.305 e. The van der Waals surface area contributed by atoms with Crippen molar-refractivity contribution in [2.75, 3.05) is 25.0 Å². The lowest BCUT2D eigenvalue weighted by atomic mass is 9.83. The highest BCUT2D eigenvalue weighted by Gasteiger charge is 2.47. The number of likely N-dealkylation sites (tertiary alicyclic amines) is 1. The second-order valence-corrected chi connectivity index (χ2v) is 15.0. The number of imide groups is 1. The third-order valence-corrected chi connectivity index (χ3v) is 11.3. The van der Waals surface area contributed by atoms with Crippen molar-refractivity contribution in [3.05, 3.63) is 82.3 Å². The topological polar surface area (TPSA) is 149 Å². The summed E-state index contributed by atoms with van der Waals surface area (Å²) in [6.07, 6.45) is 2.22. The zero-order valence-electron chi connectivity index (χ0n) is 30.2. The van der Waals surface area contributed by atoms with E-state index in [1.54, 1.807) is 24.3 Å². The van der Waals surface area contributed by atoms with Crippen LogP contribution in [0.2, 0.25) is 0 Å². The SMILES string of the molecule is Cn1c(=O)n(C2CCC(=O)NC2=O)c2cccc(C3CCN(C[C@H]4CC[C@H](n5cc6cc(NC(=O)c7cccc(C(F)(F)F)n7)ncc6n5)CC4)CC3(F)F)c21. The lowest BCUT2D eigenvalue weighted by molar-refractivity contribution is -0.141. The first-order valence-electron chi connectivity index (χ1n) is 18.5. The number of imidazole rings is 1. The summed E-state index contributed by atoms with van der Waals surface area (Å²) in [6, 6.07) is 8.76. The number of halogens is 5. The first-order valence-corrected chi connectivity index (χ1v) is 18.5. The number of alkyl halides is 5. The summed E-state index contributed by atoms with van der Waals surface area (Å²) in [4.78, 5) is 59.9. The molecule has 0 radical (unpaired) electrons. The number of aromatic nitrogens is 6. The summed E-state index contributed by atoms with van der Waals surface area (Å²) in [5.41, 5.74) is -0.366. The van der Waals surface area contributed by atoms with Crippen LogP contribution in [-0.4, -0.2) is 77.1 Å². The maximum absolute atomic E-state index is 16.1. The number of carbonyl (C=O) groups is 3. The summed E-state index contributed by atoms with van der Waals surface area (Å²) in [5.74, 6) is -5.69. The molecule has 2 unspecified atom stereocenters. The van der Waals surface area contributed by atoms with Crippen LogP contribution < -0.4 is 16.3 Å². The van der Waals surface area contributed by atoms with Gasteiger partial charge in [-0.3, -0.25) is 38.4 Å². The standard InChI is InChI=1S/C38H38F5N9O4/c1-49-33-24(4-2-6-28(33)52(36(49)56)29-12-13-32(53)47-35(29)55)25-14-15-50(20-37(25,39)40)18-21-8-10-23(11-9-21)51-19-22-16-31(44-17-27(22)48-51)46-34(54)26-5-3-7-30(45-26)38(41,42)43/h2-7,16-17,19,21,23,25,29H,8-15,18,20H2,1H3,(H,46,54)(H,47,53,55)/t21-,23-,25?,29?. The number of nitrogens with one attached hydrogen (secondary N) is 2. The van der Waals surface area contributed by atoms with Gasteiger partial charge in [-0.2, -0.15) is 18.3 Å². The Morgan fingerprint density at radius 3 is 2.52 bits per heavy atom. The van der Waals surface area contributed by atoms with E-state index in [4.69, 9.17) is 0 Å². The van der Waals surface area contributed by atoms with Crippen LogP contribution in [0.5, 0.6) is 0 Å². The molecular formula is C38H38F5N9O4. The van der Waals surface area contributed by atoms with Crippen molar-refractivity contribution >= 4 is 45.5 Å². The Morgan fingerprint density at radius 2 is 1.79 bits per heavy atom. The number of amides is 3. The molecule has 4 aromatic heterocycles. The molecule has 18 heteroatoms. The highest BCUT2D eigenvalue weighted by molar-refractivity contribution is 6.03. The molecule has 8 rings (SSSR count). The van der Waals surface area contributed by atoms with E-state index in [1.165, 1.54) is 28.4 Å². The van der Waals surface area contributed by atoms with Gasteiger partial charge in [0, 0.05) is 31.6 Å². The molecule has 1 saturated carbocycles. The number of nitrogens with zero attached hydrogens (tertiary/aromatic N) is 7. The number of anilines is 1. The maximum Gasteiger partial charge on any atom is 0.433 e. The zero-order valence-corrected chi connectivity index (χ0v) is 30.2. The fourth-order valence-corrected chi connectivity index (χ4v) is 8.59. The number of rotatable bonds is 7. The second-order valence-electron chi connectivity index (χ2n) is 15.0. The van der Waals surface area contributed by atoms with Gasteiger partial charge in [-0.1, -0.05) is 18.2 Å². The van der Waals surface area contributed by atoms with Crippen molar-refractivity contribution in [1.82, 2.24) is 39.1 Å². The van der Waals surface area contributed by atoms with E-state index in [0.29, 0.717) is 40.6 Å². The molecule has 56 heavy (non-hydrogen) atoms. The maximum atomic E-state index is 16.1. The fraction of sp³-hybridized carbons (Fsp3) is 0.447. The number of para-hydroxylation sites is 1. The minimum atomic E-state index is -4.69. The Balaban J connectivity index is 0.889. The van der Waals surface area contributed by atoms with Gasteiger partial charge in [0.15, 0.2) is 0 Å². The molecular weight excluding hydrogens is 741 g/mol. The molecule has 13 nitrogen and oxygen atoms in total. The number of aryl methyl sites for hydroxylation is 1. The van der Waals surface area contributed by atoms with Crippen LogP contribution >= 0.6 is 0 Å². The number of piperidine rings is 2. The van der Waals surface area contributed by atoms with Crippen LogP contribution in [-0.2, 0) is 22.8 Å². The summed E-state index contributed by atoms with van der Waals surface area (Å²) < 4.78 is 75.9. The van der Waals surface area contributed by atoms with Crippen LogP contribution in [0.15, 0.2) is 59.7 Å². The Kier molecular flexibility index (Phi) is 9.49. The van der Waals surface area contributed by atoms with Crippen LogP contribution in [0, 0.1) is 5.92 Å². The molecule has 0 bridgehead atoms. The Labute approximate surface area is 315 Å². The molecule has 2 N–H and O–H groups in total. The molecule has 1 aromatic carbocycles. The van der Waals surface area contributed by atoms with Crippen molar-refractivity contribution in [3.8, 4) is 0 Å². The van der Waals surface area contributed by atoms with Crippen molar-refractivity contribution < 1.29 is 36.3 Å². The molecule has 2 aliphatic heterocycles. The molecule has 1 aliphatic carbocycles. The van der Waals surface area contributed by atoms with Crippen molar-refractivity contribution in [1.29, 1.82) is 0 Å². The minimum absolute atomic E-state index is 0.0674. The molecule has 5 aromatic rings. The highest BCUT2D eigenvalue weighted by Crippen LogP contribution is 2.44. The van der Waals surface area contributed by atoms with E-state index in [2.05, 4.69) is 25.7 Å². The average molecular weight is 780 g/mol. The van der Waals surface area contributed by atoms with E-state index in [9.17, 15) is 32.3 Å². The lowest BCUT2D eigenvalue weighted by Crippen LogP contribution is -2.49. The van der Waals surface area contributed by atoms with E-state index >= 15 is 8.78 Å². The highest BCUT2D eigenvalue weighted by atomic mass is 19.4. The Morgan fingerprint density at radius 1 is 1.02 bits per heavy atom. The van der Waals surface area contributed by atoms with Gasteiger partial charge >= 0.3 is 11.9 Å². The van der Waals surface area contributed by atoms with Gasteiger partial charge in [-0.05, 0) is 80.8 Å². The number of carbonyl (C=O) groups excluding carboxylic acids is 3. The molecule has 3 aliphatic rings. The first kappa shape index (κ1) is 37.4. The Hall–Kier alpha value is -5.52. The molecule has 3 fully saturated rings. The normalized spacial score (nSPS) is 23.4. The monoisotopic (exact) mass is 779 g/mol. The van der Waals surface area contributed by atoms with Crippen LogP contribution in [0.25, 0.3) is 21.9 Å². The summed E-state index contributed by atoms with van der Waals surface area (Å²) >= 11 is 0. The average Bonchev–Trinajstić information content (AvgIpc) is 3.69. The molecule has 2 saturated heterocycles. The van der Waals surface area contributed by atoms with Crippen LogP contribution in [0.4, 0.5) is 27.8 Å². The number of hydrogen-bond donors (Lipinski definition) is 2. The molecule has 0 spiro atoms. The summed E-state index contributed by atoms with van der Waals surface area (Å²) in [7, 11) is 1.52. The first-order chi connectivity index (χ1) is 26.7. The number of fused-ring (bicyclic) bond motifs is 2. The van der Waals surface area contributed by atoms with Crippen molar-refractivity contribution in [3.63, 3.8) is 0 Å². The second kappa shape index (κ2) is 14.2. The van der Waals surface area contributed by atoms with Crippen molar-refractivity contribution in [2.24, 2.45) is 13.0 Å². The third kappa shape index (κ3) is 7.05. The quantitative estimate of drug-likeness (QED) is 0.161. The van der Waals surface area contributed by atoms with E-state index in [0.717, 1.165) is 37.8 Å². The van der Waals surface area contributed by atoms with Gasteiger partial charge in [-0.15, -0.1) is 0 Å². The molecule has 3 amide bonds. The van der Waals surface area contributed by atoms with Gasteiger partial charge in [0.25, 0.3) is 11.8 Å². The van der Waals surface area contributed by atoms with Gasteiger partial charge in [0.1, 0.15) is 28.8 Å². The van der Waals surface area contributed by atoms with Crippen LogP contribution in [0.1, 0.15) is 84.7 Å². The van der Waals surface area contributed by atoms with E-state index in [-0.39, 0.29) is 37.0 Å². The van der Waals surface area contributed by atoms with Gasteiger partial charge in [0.2, 0.25) is 11.8 Å². The largest absolute Gasteiger partial charge is 0.433 e. The third-order valence-electron chi connectivity index (χ3n) is 11.3. The van der Waals surface area contributed by atoms with E-state index in [1.807, 2.05) is 15.8 Å². The Bertz CT molecular complexity index is 2410. The molecule has 294 valence electrons. The summed E-state index contributed by atoms with van der Waals surface area (Å²) in [6.45, 7) is 0.563. The number of pyridine rings is 2. The lowest BCUT2D eigenvalue weighted by Gasteiger charge is -2.41. The van der Waals surface area contributed by atoms with Gasteiger partial charge in [-0.25, -0.2) is 23.5 Å². The fourth-order valence-electron chi connectivity index (χ4n) is 8.59. The molecule has 6 heterocycles. The van der Waals surface area contributed by atoms with Gasteiger partial charge in [0.05, 0.1) is 35.7 Å². The smallest absolute Gasteiger partial charge is 0.305 e.